The van der Waals surface area contributed by atoms with Crippen LogP contribution in [0.15, 0.2) is 53.7 Å². The van der Waals surface area contributed by atoms with Gasteiger partial charge in [0.1, 0.15) is 23.8 Å². The van der Waals surface area contributed by atoms with Crippen LogP contribution in [-0.4, -0.2) is 12.1 Å². The Bertz CT molecular complexity index is 694. The highest BCUT2D eigenvalue weighted by Gasteiger charge is 2.07. The Morgan fingerprint density at radius 2 is 1.48 bits per heavy atom. The zero-order valence-corrected chi connectivity index (χ0v) is 12.2. The van der Waals surface area contributed by atoms with Gasteiger partial charge in [0, 0.05) is 6.92 Å². The Morgan fingerprint density at radius 3 is 2.04 bits per heavy atom. The molecule has 0 bridgehead atoms. The van der Waals surface area contributed by atoms with Crippen LogP contribution in [0.2, 0.25) is 0 Å². The number of carbonyl (C=O) groups excluding carboxylic acids is 2. The summed E-state index contributed by atoms with van der Waals surface area (Å²) in [6.45, 7) is 1.32. The highest BCUT2D eigenvalue weighted by Crippen LogP contribution is 2.18. The van der Waals surface area contributed by atoms with Crippen molar-refractivity contribution >= 4 is 17.8 Å². The monoisotopic (exact) mass is 315 g/mol. The maximum atomic E-state index is 11.6. The summed E-state index contributed by atoms with van der Waals surface area (Å²) in [5, 5.41) is 2.74. The van der Waals surface area contributed by atoms with E-state index in [2.05, 4.69) is 5.18 Å². The first-order chi connectivity index (χ1) is 11.1. The van der Waals surface area contributed by atoms with E-state index in [0.29, 0.717) is 11.3 Å². The van der Waals surface area contributed by atoms with Crippen molar-refractivity contribution in [3.8, 4) is 11.5 Å². The molecule has 0 aliphatic heterocycles. The second-order valence-electron chi connectivity index (χ2n) is 4.46. The Balaban J connectivity index is 1.83. The number of hydrogen-bond donors (Lipinski definition) is 0. The summed E-state index contributed by atoms with van der Waals surface area (Å²) in [4.78, 5) is 32.6. The van der Waals surface area contributed by atoms with Gasteiger partial charge in [0.05, 0.1) is 0 Å². The fourth-order valence-electron chi connectivity index (χ4n) is 1.66. The van der Waals surface area contributed by atoms with Crippen molar-refractivity contribution in [1.29, 1.82) is 0 Å². The Kier molecular flexibility index (Phi) is 5.40. The molecule has 23 heavy (non-hydrogen) atoms. The fraction of sp³-hybridized carbons (Fsp3) is 0.125. The molecule has 118 valence electrons. The van der Waals surface area contributed by atoms with Gasteiger partial charge in [-0.05, 0) is 47.1 Å². The third-order valence-corrected chi connectivity index (χ3v) is 2.68. The molecule has 0 unspecified atom stereocenters. The summed E-state index contributed by atoms with van der Waals surface area (Å²) in [6, 6.07) is 12.2. The molecule has 0 heterocycles. The molecule has 0 atom stereocenters. The van der Waals surface area contributed by atoms with Crippen LogP contribution in [0.5, 0.6) is 11.5 Å². The lowest BCUT2D eigenvalue weighted by Crippen LogP contribution is -2.10. The molecule has 0 radical (unpaired) electrons. The van der Waals surface area contributed by atoms with Crippen LogP contribution in [0.4, 0.5) is 10.5 Å². The summed E-state index contributed by atoms with van der Waals surface area (Å²) in [6.07, 6.45) is -0.874. The topological polar surface area (TPSA) is 91.3 Å². The number of ether oxygens (including phenoxy) is 3. The van der Waals surface area contributed by atoms with E-state index in [-0.39, 0.29) is 18.0 Å². The highest BCUT2D eigenvalue weighted by atomic mass is 16.7. The van der Waals surface area contributed by atoms with Gasteiger partial charge in [-0.15, -0.1) is 4.91 Å². The molecule has 0 N–H and O–H groups in total. The normalized spacial score (nSPS) is 9.78. The quantitative estimate of drug-likeness (QED) is 0.361. The average molecular weight is 315 g/mol. The Morgan fingerprint density at radius 1 is 0.913 bits per heavy atom. The number of nitroso groups, excluding NO2 is 1. The summed E-state index contributed by atoms with van der Waals surface area (Å²) < 4.78 is 14.8. The fourth-order valence-corrected chi connectivity index (χ4v) is 1.66. The lowest BCUT2D eigenvalue weighted by Gasteiger charge is -2.07. The Hall–Kier alpha value is -3.22. The first kappa shape index (κ1) is 16.2. The van der Waals surface area contributed by atoms with Crippen LogP contribution in [0.25, 0.3) is 0 Å². The van der Waals surface area contributed by atoms with Crippen molar-refractivity contribution < 1.29 is 23.8 Å². The SMILES string of the molecule is CC(=O)Oc1ccc(COC(=O)Oc2ccc(N=O)cc2)cc1. The van der Waals surface area contributed by atoms with Gasteiger partial charge in [-0.2, -0.15) is 0 Å². The molecule has 0 saturated heterocycles. The molecular weight excluding hydrogens is 302 g/mol. The van der Waals surface area contributed by atoms with E-state index < -0.39 is 12.1 Å². The lowest BCUT2D eigenvalue weighted by molar-refractivity contribution is -0.131. The van der Waals surface area contributed by atoms with E-state index in [1.165, 1.54) is 31.2 Å². The van der Waals surface area contributed by atoms with Crippen molar-refractivity contribution in [2.24, 2.45) is 5.18 Å². The van der Waals surface area contributed by atoms with E-state index >= 15 is 0 Å². The molecule has 0 fully saturated rings. The predicted molar refractivity (Wildman–Crippen MR) is 80.5 cm³/mol. The molecule has 2 rings (SSSR count). The average Bonchev–Trinajstić information content (AvgIpc) is 2.54. The van der Waals surface area contributed by atoms with Crippen molar-refractivity contribution in [3.63, 3.8) is 0 Å². The minimum absolute atomic E-state index is 0.00710. The molecule has 0 aromatic heterocycles. The van der Waals surface area contributed by atoms with E-state index in [9.17, 15) is 14.5 Å². The maximum absolute atomic E-state index is 11.6. The number of esters is 1. The molecule has 0 saturated carbocycles. The molecule has 2 aromatic rings. The van der Waals surface area contributed by atoms with Crippen LogP contribution in [0.3, 0.4) is 0 Å². The highest BCUT2D eigenvalue weighted by molar-refractivity contribution is 5.69. The standard InChI is InChI=1S/C16H13NO6/c1-11(18)22-14-6-2-12(3-7-14)10-21-16(19)23-15-8-4-13(17-20)5-9-15/h2-9H,10H2,1H3. The minimum Gasteiger partial charge on any atom is -0.429 e. The molecule has 7 heteroatoms. The van der Waals surface area contributed by atoms with Crippen LogP contribution >= 0.6 is 0 Å². The van der Waals surface area contributed by atoms with E-state index in [1.807, 2.05) is 0 Å². The second-order valence-corrected chi connectivity index (χ2v) is 4.46. The molecule has 0 aliphatic rings. The molecule has 2 aromatic carbocycles. The Labute approximate surface area is 131 Å². The smallest absolute Gasteiger partial charge is 0.429 e. The summed E-state index contributed by atoms with van der Waals surface area (Å²) >= 11 is 0. The third-order valence-electron chi connectivity index (χ3n) is 2.68. The van der Waals surface area contributed by atoms with Gasteiger partial charge in [-0.25, -0.2) is 4.79 Å². The molecule has 7 nitrogen and oxygen atoms in total. The van der Waals surface area contributed by atoms with Gasteiger partial charge in [0.15, 0.2) is 0 Å². The second kappa shape index (κ2) is 7.69. The van der Waals surface area contributed by atoms with Crippen molar-refractivity contribution in [2.75, 3.05) is 0 Å². The van der Waals surface area contributed by atoms with Crippen LogP contribution in [0.1, 0.15) is 12.5 Å². The number of hydrogen-bond acceptors (Lipinski definition) is 7. The summed E-state index contributed by atoms with van der Waals surface area (Å²) in [7, 11) is 0. The van der Waals surface area contributed by atoms with Crippen LogP contribution in [0, 0.1) is 4.91 Å². The van der Waals surface area contributed by atoms with E-state index in [1.54, 1.807) is 24.3 Å². The molecule has 0 amide bonds. The van der Waals surface area contributed by atoms with Crippen molar-refractivity contribution in [2.45, 2.75) is 13.5 Å². The first-order valence-corrected chi connectivity index (χ1v) is 6.62. The maximum Gasteiger partial charge on any atom is 0.514 e. The van der Waals surface area contributed by atoms with Gasteiger partial charge >= 0.3 is 12.1 Å². The zero-order valence-electron chi connectivity index (χ0n) is 12.2. The van der Waals surface area contributed by atoms with Gasteiger partial charge in [0.2, 0.25) is 0 Å². The van der Waals surface area contributed by atoms with Crippen LogP contribution < -0.4 is 9.47 Å². The minimum atomic E-state index is -0.874. The van der Waals surface area contributed by atoms with Crippen molar-refractivity contribution in [3.05, 3.63) is 59.0 Å². The number of rotatable bonds is 5. The van der Waals surface area contributed by atoms with Crippen molar-refractivity contribution in [1.82, 2.24) is 0 Å². The summed E-state index contributed by atoms with van der Waals surface area (Å²) in [5.74, 6) is 0.244. The van der Waals surface area contributed by atoms with E-state index in [4.69, 9.17) is 14.2 Å². The predicted octanol–water partition coefficient (Wildman–Crippen LogP) is 3.73. The number of carbonyl (C=O) groups is 2. The third kappa shape index (κ3) is 5.24. The number of benzene rings is 2. The largest absolute Gasteiger partial charge is 0.514 e. The van der Waals surface area contributed by atoms with Gasteiger partial charge in [0.25, 0.3) is 0 Å². The molecule has 0 spiro atoms. The molecular formula is C16H13NO6. The lowest BCUT2D eigenvalue weighted by atomic mass is 10.2. The van der Waals surface area contributed by atoms with Gasteiger partial charge in [-0.3, -0.25) is 4.79 Å². The zero-order chi connectivity index (χ0) is 16.7. The van der Waals surface area contributed by atoms with E-state index in [0.717, 1.165) is 0 Å². The van der Waals surface area contributed by atoms with Crippen LogP contribution in [-0.2, 0) is 16.1 Å². The summed E-state index contributed by atoms with van der Waals surface area (Å²) in [5.41, 5.74) is 0.942. The number of nitrogens with zero attached hydrogens (tertiary/aromatic N) is 1. The first-order valence-electron chi connectivity index (χ1n) is 6.62. The molecule has 0 aliphatic carbocycles. The van der Waals surface area contributed by atoms with Gasteiger partial charge in [-0.1, -0.05) is 12.1 Å². The van der Waals surface area contributed by atoms with Gasteiger partial charge < -0.3 is 14.2 Å².